The van der Waals surface area contributed by atoms with Crippen molar-refractivity contribution in [1.82, 2.24) is 19.9 Å². The summed E-state index contributed by atoms with van der Waals surface area (Å²) in [5.74, 6) is 0.579. The number of ether oxygens (including phenoxy) is 1. The quantitative estimate of drug-likeness (QED) is 0.579. The second-order valence-electron chi connectivity index (χ2n) is 7.50. The molecular weight excluding hydrogens is 376 g/mol. The number of H-pyrrole nitrogens is 1. The first-order valence-electron chi connectivity index (χ1n) is 10.3. The number of pyridine rings is 1. The van der Waals surface area contributed by atoms with Crippen molar-refractivity contribution in [2.75, 3.05) is 13.2 Å². The molecule has 1 aliphatic heterocycles. The molecular formula is C24H26N4O2. The highest BCUT2D eigenvalue weighted by molar-refractivity contribution is 5.56. The van der Waals surface area contributed by atoms with Crippen LogP contribution in [-0.4, -0.2) is 33.0 Å². The van der Waals surface area contributed by atoms with Gasteiger partial charge in [-0.15, -0.1) is 6.58 Å². The van der Waals surface area contributed by atoms with Crippen molar-refractivity contribution in [1.29, 1.82) is 0 Å². The van der Waals surface area contributed by atoms with Gasteiger partial charge < -0.3 is 9.72 Å². The van der Waals surface area contributed by atoms with Crippen LogP contribution in [0.25, 0.3) is 11.4 Å². The second kappa shape index (κ2) is 9.61. The highest BCUT2D eigenvalue weighted by Gasteiger charge is 2.20. The Morgan fingerprint density at radius 3 is 2.90 bits per heavy atom. The standard InChI is InChI=1S/C24H26N4O2/c1-2-12-28(17-20-9-3-4-11-25-20)16-18-7-5-8-19(14-18)24-26-21(15-23(29)27-24)22-10-6-13-30-22/h2-5,7-9,11,14-15,22H,1,6,10,12-13,16-17H2,(H,26,27,29). The second-order valence-corrected chi connectivity index (χ2v) is 7.50. The highest BCUT2D eigenvalue weighted by atomic mass is 16.5. The van der Waals surface area contributed by atoms with Crippen LogP contribution in [0.1, 0.15) is 35.9 Å². The van der Waals surface area contributed by atoms with Crippen LogP contribution < -0.4 is 5.56 Å². The summed E-state index contributed by atoms with van der Waals surface area (Å²) in [5.41, 5.74) is 3.60. The maximum Gasteiger partial charge on any atom is 0.251 e. The van der Waals surface area contributed by atoms with Crippen LogP contribution in [0, 0.1) is 0 Å². The molecule has 1 N–H and O–H groups in total. The first-order chi connectivity index (χ1) is 14.7. The molecule has 3 aromatic rings. The van der Waals surface area contributed by atoms with Gasteiger partial charge in [-0.3, -0.25) is 14.7 Å². The third-order valence-corrected chi connectivity index (χ3v) is 5.13. The predicted molar refractivity (Wildman–Crippen MR) is 117 cm³/mol. The molecule has 0 spiro atoms. The SMILES string of the molecule is C=CCN(Cc1cccc(-c2nc(C3CCCO3)cc(=O)[nH]2)c1)Cc1ccccn1. The molecule has 6 heteroatoms. The van der Waals surface area contributed by atoms with E-state index in [4.69, 9.17) is 4.74 Å². The Kier molecular flexibility index (Phi) is 6.47. The van der Waals surface area contributed by atoms with E-state index >= 15 is 0 Å². The van der Waals surface area contributed by atoms with Crippen LogP contribution in [0.4, 0.5) is 0 Å². The van der Waals surface area contributed by atoms with Crippen LogP contribution in [0.5, 0.6) is 0 Å². The van der Waals surface area contributed by atoms with E-state index in [0.29, 0.717) is 11.5 Å². The number of benzene rings is 1. The molecule has 4 rings (SSSR count). The zero-order valence-corrected chi connectivity index (χ0v) is 17.0. The average Bonchev–Trinajstić information content (AvgIpc) is 3.29. The average molecular weight is 402 g/mol. The van der Waals surface area contributed by atoms with E-state index in [2.05, 4.69) is 38.6 Å². The van der Waals surface area contributed by atoms with E-state index in [0.717, 1.165) is 55.9 Å². The molecule has 1 fully saturated rings. The maximum absolute atomic E-state index is 12.2. The van der Waals surface area contributed by atoms with Crippen molar-refractivity contribution in [3.05, 3.63) is 94.7 Å². The number of rotatable bonds is 8. The molecule has 0 amide bonds. The Labute approximate surface area is 176 Å². The van der Waals surface area contributed by atoms with Crippen molar-refractivity contribution in [2.45, 2.75) is 32.0 Å². The molecule has 2 aromatic heterocycles. The molecule has 1 unspecified atom stereocenters. The molecule has 1 aliphatic rings. The Balaban J connectivity index is 1.56. The van der Waals surface area contributed by atoms with Crippen LogP contribution in [0.3, 0.4) is 0 Å². The molecule has 6 nitrogen and oxygen atoms in total. The van der Waals surface area contributed by atoms with Crippen molar-refractivity contribution >= 4 is 0 Å². The van der Waals surface area contributed by atoms with Gasteiger partial charge in [0.2, 0.25) is 0 Å². The summed E-state index contributed by atoms with van der Waals surface area (Å²) in [7, 11) is 0. The molecule has 0 saturated carbocycles. The van der Waals surface area contributed by atoms with Gasteiger partial charge in [-0.25, -0.2) is 4.98 Å². The van der Waals surface area contributed by atoms with Gasteiger partial charge in [0, 0.05) is 44.1 Å². The number of hydrogen-bond acceptors (Lipinski definition) is 5. The lowest BCUT2D eigenvalue weighted by Gasteiger charge is -2.20. The smallest absolute Gasteiger partial charge is 0.251 e. The summed E-state index contributed by atoms with van der Waals surface area (Å²) in [6, 6.07) is 15.6. The highest BCUT2D eigenvalue weighted by Crippen LogP contribution is 2.27. The van der Waals surface area contributed by atoms with E-state index in [-0.39, 0.29) is 11.7 Å². The molecule has 0 bridgehead atoms. The van der Waals surface area contributed by atoms with E-state index in [1.54, 1.807) is 6.07 Å². The third-order valence-electron chi connectivity index (χ3n) is 5.13. The van der Waals surface area contributed by atoms with E-state index in [1.807, 2.05) is 42.6 Å². The monoisotopic (exact) mass is 402 g/mol. The van der Waals surface area contributed by atoms with Crippen LogP contribution >= 0.6 is 0 Å². The van der Waals surface area contributed by atoms with Crippen LogP contribution in [0.2, 0.25) is 0 Å². The minimum Gasteiger partial charge on any atom is -0.372 e. The molecule has 0 aliphatic carbocycles. The zero-order valence-electron chi connectivity index (χ0n) is 17.0. The Morgan fingerprint density at radius 2 is 2.13 bits per heavy atom. The van der Waals surface area contributed by atoms with Gasteiger partial charge >= 0.3 is 0 Å². The van der Waals surface area contributed by atoms with Crippen molar-refractivity contribution in [2.24, 2.45) is 0 Å². The molecule has 0 radical (unpaired) electrons. The van der Waals surface area contributed by atoms with Crippen molar-refractivity contribution < 1.29 is 4.74 Å². The zero-order chi connectivity index (χ0) is 20.8. The molecule has 3 heterocycles. The summed E-state index contributed by atoms with van der Waals surface area (Å²) in [6.07, 6.45) is 5.53. The lowest BCUT2D eigenvalue weighted by molar-refractivity contribution is 0.108. The first-order valence-corrected chi connectivity index (χ1v) is 10.3. The van der Waals surface area contributed by atoms with Gasteiger partial charge in [0.15, 0.2) is 0 Å². The van der Waals surface area contributed by atoms with Gasteiger partial charge in [-0.2, -0.15) is 0 Å². The van der Waals surface area contributed by atoms with Gasteiger partial charge in [0.1, 0.15) is 5.82 Å². The third kappa shape index (κ3) is 5.09. The normalized spacial score (nSPS) is 16.1. The molecule has 154 valence electrons. The summed E-state index contributed by atoms with van der Waals surface area (Å²) in [4.78, 5) is 26.5. The van der Waals surface area contributed by atoms with Gasteiger partial charge in [-0.05, 0) is 36.6 Å². The minimum absolute atomic E-state index is 0.0873. The number of hydrogen-bond donors (Lipinski definition) is 1. The number of nitrogens with one attached hydrogen (secondary N) is 1. The minimum atomic E-state index is -0.153. The molecule has 30 heavy (non-hydrogen) atoms. The largest absolute Gasteiger partial charge is 0.372 e. The van der Waals surface area contributed by atoms with Gasteiger partial charge in [0.25, 0.3) is 5.56 Å². The Bertz CT molecular complexity index is 1040. The fraction of sp³-hybridized carbons (Fsp3) is 0.292. The maximum atomic E-state index is 12.2. The van der Waals surface area contributed by atoms with Crippen molar-refractivity contribution in [3.8, 4) is 11.4 Å². The van der Waals surface area contributed by atoms with Crippen LogP contribution in [-0.2, 0) is 17.8 Å². The fourth-order valence-electron chi connectivity index (χ4n) is 3.75. The van der Waals surface area contributed by atoms with Gasteiger partial charge in [0.05, 0.1) is 17.5 Å². The van der Waals surface area contributed by atoms with E-state index in [1.165, 1.54) is 0 Å². The number of aromatic nitrogens is 3. The summed E-state index contributed by atoms with van der Waals surface area (Å²) in [6.45, 7) is 6.84. The van der Waals surface area contributed by atoms with Crippen LogP contribution in [0.15, 0.2) is 72.2 Å². The summed E-state index contributed by atoms with van der Waals surface area (Å²) >= 11 is 0. The molecule has 1 atom stereocenters. The molecule has 1 saturated heterocycles. The van der Waals surface area contributed by atoms with E-state index in [9.17, 15) is 4.79 Å². The number of nitrogens with zero attached hydrogens (tertiary/aromatic N) is 3. The predicted octanol–water partition coefficient (Wildman–Crippen LogP) is 3.87. The molecule has 1 aromatic carbocycles. The van der Waals surface area contributed by atoms with E-state index < -0.39 is 0 Å². The van der Waals surface area contributed by atoms with Crippen molar-refractivity contribution in [3.63, 3.8) is 0 Å². The summed E-state index contributed by atoms with van der Waals surface area (Å²) in [5, 5.41) is 0. The topological polar surface area (TPSA) is 71.1 Å². The lowest BCUT2D eigenvalue weighted by atomic mass is 10.1. The fourth-order valence-corrected chi connectivity index (χ4v) is 3.75. The van der Waals surface area contributed by atoms with Gasteiger partial charge in [-0.1, -0.05) is 30.3 Å². The lowest BCUT2D eigenvalue weighted by Crippen LogP contribution is -2.23. The Morgan fingerprint density at radius 1 is 1.20 bits per heavy atom. The number of aromatic amines is 1. The summed E-state index contributed by atoms with van der Waals surface area (Å²) < 4.78 is 5.71. The Hall–Kier alpha value is -3.09. The first kappa shape index (κ1) is 20.2.